The van der Waals surface area contributed by atoms with Crippen LogP contribution in [-0.2, 0) is 19.1 Å². The molecule has 0 saturated heterocycles. The van der Waals surface area contributed by atoms with E-state index < -0.39 is 17.8 Å². The summed E-state index contributed by atoms with van der Waals surface area (Å²) in [5.41, 5.74) is 1.02. The number of benzene rings is 2. The molecule has 144 valence electrons. The summed E-state index contributed by atoms with van der Waals surface area (Å²) in [5, 5.41) is 0. The van der Waals surface area contributed by atoms with Crippen LogP contribution in [0.5, 0.6) is 11.5 Å². The molecule has 0 N–H and O–H groups in total. The minimum absolute atomic E-state index is 0.0285. The number of rotatable bonds is 6. The predicted octanol–water partition coefficient (Wildman–Crippen LogP) is 2.73. The summed E-state index contributed by atoms with van der Waals surface area (Å²) in [4.78, 5) is 27.4. The van der Waals surface area contributed by atoms with Gasteiger partial charge in [0, 0.05) is 5.56 Å². The van der Waals surface area contributed by atoms with E-state index in [-0.39, 0.29) is 18.2 Å². The van der Waals surface area contributed by atoms with Crippen LogP contribution >= 0.6 is 0 Å². The lowest BCUT2D eigenvalue weighted by Gasteiger charge is -2.10. The first kappa shape index (κ1) is 19.1. The van der Waals surface area contributed by atoms with Gasteiger partial charge >= 0.3 is 11.9 Å². The van der Waals surface area contributed by atoms with Crippen molar-refractivity contribution in [3.05, 3.63) is 65.1 Å². The monoisotopic (exact) mass is 385 g/mol. The van der Waals surface area contributed by atoms with Crippen molar-refractivity contribution in [2.45, 2.75) is 0 Å². The van der Waals surface area contributed by atoms with Crippen molar-refractivity contribution in [2.75, 3.05) is 20.8 Å². The third kappa shape index (κ3) is 4.35. The maximum absolute atomic E-state index is 13.4. The number of carbonyl (C=O) groups is 2. The van der Waals surface area contributed by atoms with Crippen LogP contribution in [0, 0.1) is 5.82 Å². The van der Waals surface area contributed by atoms with E-state index >= 15 is 0 Å². The molecule has 1 aliphatic rings. The van der Waals surface area contributed by atoms with Gasteiger partial charge in [-0.25, -0.2) is 19.0 Å². The molecule has 0 radical (unpaired) electrons. The molecule has 7 nitrogen and oxygen atoms in total. The minimum Gasteiger partial charge on any atom is -0.493 e. The fraction of sp³-hybridized carbons (Fsp3) is 0.150. The highest BCUT2D eigenvalue weighted by Crippen LogP contribution is 2.30. The molecular formula is C20H16FNO6. The van der Waals surface area contributed by atoms with Crippen LogP contribution in [0.15, 0.2) is 53.2 Å². The standard InChI is InChI=1S/C20H16FNO6/c1-25-17-9-12(6-7-16(17)27-11-18(23)26-2)8-15-20(24)28-19(22-15)13-4-3-5-14(21)10-13/h3-10H,11H2,1-2H3. The zero-order valence-electron chi connectivity index (χ0n) is 15.1. The first-order valence-electron chi connectivity index (χ1n) is 8.16. The molecule has 0 bridgehead atoms. The van der Waals surface area contributed by atoms with Gasteiger partial charge < -0.3 is 18.9 Å². The molecule has 2 aromatic rings. The fourth-order valence-electron chi connectivity index (χ4n) is 2.40. The van der Waals surface area contributed by atoms with Gasteiger partial charge in [0.2, 0.25) is 5.90 Å². The van der Waals surface area contributed by atoms with Gasteiger partial charge in [0.05, 0.1) is 14.2 Å². The Morgan fingerprint density at radius 2 is 2.00 bits per heavy atom. The van der Waals surface area contributed by atoms with Crippen LogP contribution in [0.2, 0.25) is 0 Å². The number of ether oxygens (including phenoxy) is 4. The second-order valence-electron chi connectivity index (χ2n) is 5.62. The number of carbonyl (C=O) groups excluding carboxylic acids is 2. The molecule has 0 unspecified atom stereocenters. The van der Waals surface area contributed by atoms with Crippen LogP contribution in [-0.4, -0.2) is 38.7 Å². The van der Waals surface area contributed by atoms with Crippen LogP contribution in [0.1, 0.15) is 11.1 Å². The van der Waals surface area contributed by atoms with Gasteiger partial charge in [0.1, 0.15) is 5.82 Å². The molecule has 8 heteroatoms. The SMILES string of the molecule is COC(=O)COc1ccc(C=C2N=C(c3cccc(F)c3)OC2=O)cc1OC. The Kier molecular flexibility index (Phi) is 5.69. The molecule has 3 rings (SSSR count). The molecule has 0 saturated carbocycles. The summed E-state index contributed by atoms with van der Waals surface area (Å²) in [6, 6.07) is 10.5. The highest BCUT2D eigenvalue weighted by molar-refractivity contribution is 6.12. The van der Waals surface area contributed by atoms with Crippen molar-refractivity contribution < 1.29 is 32.9 Å². The molecule has 0 aliphatic carbocycles. The molecule has 28 heavy (non-hydrogen) atoms. The zero-order valence-corrected chi connectivity index (χ0v) is 15.1. The average molecular weight is 385 g/mol. The van der Waals surface area contributed by atoms with E-state index in [2.05, 4.69) is 9.73 Å². The number of nitrogens with zero attached hydrogens (tertiary/aromatic N) is 1. The predicted molar refractivity (Wildman–Crippen MR) is 97.5 cm³/mol. The van der Waals surface area contributed by atoms with Gasteiger partial charge in [-0.3, -0.25) is 0 Å². The van der Waals surface area contributed by atoms with E-state index in [1.807, 2.05) is 0 Å². The van der Waals surface area contributed by atoms with E-state index in [0.717, 1.165) is 0 Å². The third-order valence-corrected chi connectivity index (χ3v) is 3.76. The topological polar surface area (TPSA) is 83.4 Å². The maximum Gasteiger partial charge on any atom is 0.363 e. The summed E-state index contributed by atoms with van der Waals surface area (Å²) in [6.45, 7) is -0.263. The maximum atomic E-state index is 13.4. The number of hydrogen-bond acceptors (Lipinski definition) is 7. The Labute approximate surface area is 160 Å². The summed E-state index contributed by atoms with van der Waals surface area (Å²) in [6.07, 6.45) is 1.50. The number of methoxy groups -OCH3 is 2. The molecule has 0 fully saturated rings. The Hall–Kier alpha value is -3.68. The fourth-order valence-corrected chi connectivity index (χ4v) is 2.40. The number of cyclic esters (lactones) is 1. The Morgan fingerprint density at radius 1 is 1.18 bits per heavy atom. The second-order valence-corrected chi connectivity index (χ2v) is 5.62. The average Bonchev–Trinajstić information content (AvgIpc) is 3.07. The van der Waals surface area contributed by atoms with Crippen molar-refractivity contribution in [2.24, 2.45) is 4.99 Å². The molecule has 0 amide bonds. The summed E-state index contributed by atoms with van der Waals surface area (Å²) in [7, 11) is 2.71. The lowest BCUT2D eigenvalue weighted by molar-refractivity contribution is -0.143. The van der Waals surface area contributed by atoms with Crippen molar-refractivity contribution in [1.29, 1.82) is 0 Å². The van der Waals surface area contributed by atoms with Gasteiger partial charge in [0.15, 0.2) is 23.8 Å². The highest BCUT2D eigenvalue weighted by Gasteiger charge is 2.24. The molecule has 0 aromatic heterocycles. The molecule has 1 aliphatic heterocycles. The number of hydrogen-bond donors (Lipinski definition) is 0. The summed E-state index contributed by atoms with van der Waals surface area (Å²) < 4.78 is 33.6. The van der Waals surface area contributed by atoms with Crippen LogP contribution in [0.4, 0.5) is 4.39 Å². The van der Waals surface area contributed by atoms with Gasteiger partial charge in [-0.15, -0.1) is 0 Å². The molecule has 1 heterocycles. The lowest BCUT2D eigenvalue weighted by Crippen LogP contribution is -2.12. The third-order valence-electron chi connectivity index (χ3n) is 3.76. The second kappa shape index (κ2) is 8.34. The van der Waals surface area contributed by atoms with Crippen LogP contribution in [0.3, 0.4) is 0 Å². The van der Waals surface area contributed by atoms with E-state index in [4.69, 9.17) is 14.2 Å². The summed E-state index contributed by atoms with van der Waals surface area (Å²) in [5.74, 6) is -0.904. The number of esters is 2. The van der Waals surface area contributed by atoms with Crippen molar-refractivity contribution >= 4 is 23.9 Å². The van der Waals surface area contributed by atoms with Gasteiger partial charge in [-0.05, 0) is 42.0 Å². The first-order chi connectivity index (χ1) is 13.5. The van der Waals surface area contributed by atoms with Crippen molar-refractivity contribution in [3.63, 3.8) is 0 Å². The normalized spacial score (nSPS) is 14.5. The summed E-state index contributed by atoms with van der Waals surface area (Å²) >= 11 is 0. The van der Waals surface area contributed by atoms with E-state index in [0.29, 0.717) is 22.6 Å². The van der Waals surface area contributed by atoms with Gasteiger partial charge in [-0.1, -0.05) is 12.1 Å². The van der Waals surface area contributed by atoms with Crippen LogP contribution < -0.4 is 9.47 Å². The smallest absolute Gasteiger partial charge is 0.363 e. The largest absolute Gasteiger partial charge is 0.493 e. The van der Waals surface area contributed by atoms with Gasteiger partial charge in [0.25, 0.3) is 0 Å². The number of halogens is 1. The Balaban J connectivity index is 1.84. The Bertz CT molecular complexity index is 982. The van der Waals surface area contributed by atoms with Crippen molar-refractivity contribution in [1.82, 2.24) is 0 Å². The lowest BCUT2D eigenvalue weighted by atomic mass is 10.1. The van der Waals surface area contributed by atoms with Crippen molar-refractivity contribution in [3.8, 4) is 11.5 Å². The van der Waals surface area contributed by atoms with Crippen LogP contribution in [0.25, 0.3) is 6.08 Å². The first-order valence-corrected chi connectivity index (χ1v) is 8.16. The quantitative estimate of drug-likeness (QED) is 0.562. The molecule has 2 aromatic carbocycles. The van der Waals surface area contributed by atoms with E-state index in [1.54, 1.807) is 24.3 Å². The van der Waals surface area contributed by atoms with Gasteiger partial charge in [-0.2, -0.15) is 0 Å². The molecular weight excluding hydrogens is 369 g/mol. The minimum atomic E-state index is -0.649. The number of aliphatic imine (C=N–C) groups is 1. The van der Waals surface area contributed by atoms with E-state index in [9.17, 15) is 14.0 Å². The molecule has 0 atom stereocenters. The highest BCUT2D eigenvalue weighted by atomic mass is 19.1. The zero-order chi connectivity index (χ0) is 20.1. The Morgan fingerprint density at radius 3 is 2.71 bits per heavy atom. The molecule has 0 spiro atoms. The van der Waals surface area contributed by atoms with E-state index in [1.165, 1.54) is 38.5 Å².